The van der Waals surface area contributed by atoms with E-state index in [9.17, 15) is 23.6 Å². The van der Waals surface area contributed by atoms with Gasteiger partial charge in [0, 0.05) is 34.6 Å². The Morgan fingerprint density at radius 3 is 2.44 bits per heavy atom. The van der Waals surface area contributed by atoms with Crippen LogP contribution in [0.1, 0.15) is 51.5 Å². The predicted octanol–water partition coefficient (Wildman–Crippen LogP) is 6.32. The zero-order chi connectivity index (χ0) is 41.0. The summed E-state index contributed by atoms with van der Waals surface area (Å²) in [7, 11) is 3.62. The lowest BCUT2D eigenvalue weighted by atomic mass is 9.89. The number of allylic oxidation sites excluding steroid dienone is 2. The second-order valence-electron chi connectivity index (χ2n) is 13.2. The van der Waals surface area contributed by atoms with Gasteiger partial charge in [-0.05, 0) is 63.5 Å². The Hall–Kier alpha value is -5.78. The lowest BCUT2D eigenvalue weighted by Gasteiger charge is -2.40. The molecule has 3 aromatic carbocycles. The normalized spacial score (nSPS) is 17.2. The number of thioether (sulfide) groups is 1. The molecule has 0 spiro atoms. The molecule has 57 heavy (non-hydrogen) atoms. The number of carbonyl (C=O) groups excluding carboxylic acids is 2. The molecule has 5 rings (SSSR count). The summed E-state index contributed by atoms with van der Waals surface area (Å²) in [6.07, 6.45) is 8.42. The second-order valence-corrected chi connectivity index (χ2v) is 14.9. The topological polar surface area (TPSA) is 153 Å². The number of hydrogen-bond acceptors (Lipinski definition) is 12. The molecule has 0 aliphatic carbocycles. The van der Waals surface area contributed by atoms with Gasteiger partial charge in [0.05, 0.1) is 60.3 Å². The zero-order valence-corrected chi connectivity index (χ0v) is 32.1. The minimum absolute atomic E-state index is 0.0907. The first-order valence-electron chi connectivity index (χ1n) is 17.7. The molecule has 12 nitrogen and oxygen atoms in total. The average Bonchev–Trinajstić information content (AvgIpc) is 3.71. The van der Waals surface area contributed by atoms with Crippen LogP contribution in [-0.2, 0) is 42.5 Å². The molecular weight excluding hydrogens is 762 g/mol. The smallest absolute Gasteiger partial charge is 0.339 e. The molecule has 4 aromatic rings. The number of aromatic nitrogens is 3. The van der Waals surface area contributed by atoms with E-state index in [0.29, 0.717) is 18.2 Å². The van der Waals surface area contributed by atoms with E-state index in [4.69, 9.17) is 24.2 Å². The van der Waals surface area contributed by atoms with Crippen molar-refractivity contribution in [2.45, 2.75) is 48.9 Å². The Labute approximate surface area is 332 Å². The number of hydrogen-bond donors (Lipinski definition) is 0. The highest BCUT2D eigenvalue weighted by molar-refractivity contribution is 8.00. The third kappa shape index (κ3) is 11.4. The number of nitrogens with zero attached hydrogens (tertiary/aromatic N) is 6. The zero-order valence-electron chi connectivity index (χ0n) is 31.3. The minimum Gasteiger partial charge on any atom is -0.461 e. The summed E-state index contributed by atoms with van der Waals surface area (Å²) < 4.78 is 69.6. The van der Waals surface area contributed by atoms with E-state index < -0.39 is 46.5 Å². The molecule has 1 aliphatic rings. The van der Waals surface area contributed by atoms with Crippen molar-refractivity contribution in [3.63, 3.8) is 0 Å². The van der Waals surface area contributed by atoms with Crippen LogP contribution in [0.15, 0.2) is 85.5 Å². The fraction of sp³-hybridized carbons (Fsp3) is 0.317. The van der Waals surface area contributed by atoms with E-state index in [1.807, 2.05) is 31.1 Å². The van der Waals surface area contributed by atoms with Gasteiger partial charge in [0.2, 0.25) is 0 Å². The number of halogens is 3. The predicted molar refractivity (Wildman–Crippen MR) is 203 cm³/mol. The molecule has 0 unspecified atom stereocenters. The van der Waals surface area contributed by atoms with Crippen molar-refractivity contribution < 1.29 is 41.7 Å². The molecule has 1 aliphatic heterocycles. The average molecular weight is 801 g/mol. The first-order valence-corrected chi connectivity index (χ1v) is 18.6. The van der Waals surface area contributed by atoms with Gasteiger partial charge in [-0.25, -0.2) is 27.6 Å². The molecule has 0 N–H and O–H groups in total. The quantitative estimate of drug-likeness (QED) is 0.0921. The molecule has 0 amide bonds. The van der Waals surface area contributed by atoms with Gasteiger partial charge in [-0.15, -0.1) is 11.8 Å². The first-order chi connectivity index (χ1) is 27.4. The standard InChI is InChI=1S/C41H39F3N6O6S/c1-27(57-33-22-54-39(55-23-33)7-5-4-6-30-10-8-29(20-46)17-36(30)43)41(24-50-26-47-25-48-50,35-13-12-32(42)18-37(35)44)56-40(52)34-16-28(19-45)9-11-31(34)21-53-38(51)14-15-49(2)3/h4-13,16-18,25-27,33,39H,14-15,21-24H2,1-3H3/b6-4+,7-5+/t27-,33-,39-,41-/m1/s1. The molecule has 0 radical (unpaired) electrons. The Kier molecular flexibility index (Phi) is 14.8. The minimum atomic E-state index is -1.88. The van der Waals surface area contributed by atoms with Gasteiger partial charge in [0.1, 0.15) is 36.7 Å². The molecule has 1 fully saturated rings. The van der Waals surface area contributed by atoms with Gasteiger partial charge in [-0.2, -0.15) is 15.6 Å². The van der Waals surface area contributed by atoms with Gasteiger partial charge < -0.3 is 23.8 Å². The molecule has 2 atom stereocenters. The lowest BCUT2D eigenvalue weighted by Crippen LogP contribution is -2.47. The lowest BCUT2D eigenvalue weighted by molar-refractivity contribution is -0.146. The molecular formula is C41H39F3N6O6S. The molecule has 16 heteroatoms. The Balaban J connectivity index is 1.39. The number of esters is 2. The SMILES string of the molecule is C[C@@H](S[C@H]1CO[C@H](/C=C/C=C/c2ccc(C#N)cc2F)OC1)[C@@](Cn1cncn1)(OC(=O)c1cc(C#N)ccc1COC(=O)CCN(C)C)c1ccc(F)cc1F. The summed E-state index contributed by atoms with van der Waals surface area (Å²) in [5.41, 5.74) is -1.23. The van der Waals surface area contributed by atoms with Crippen molar-refractivity contribution in [1.82, 2.24) is 19.7 Å². The van der Waals surface area contributed by atoms with Crippen LogP contribution in [0, 0.1) is 40.1 Å². The Morgan fingerprint density at radius 2 is 1.77 bits per heavy atom. The first kappa shape index (κ1) is 42.4. The molecule has 2 heterocycles. The van der Waals surface area contributed by atoms with Gasteiger partial charge in [-0.3, -0.25) is 4.79 Å². The van der Waals surface area contributed by atoms with Crippen molar-refractivity contribution in [3.05, 3.63) is 136 Å². The van der Waals surface area contributed by atoms with Crippen LogP contribution >= 0.6 is 11.8 Å². The van der Waals surface area contributed by atoms with Gasteiger partial charge in [0.25, 0.3) is 0 Å². The van der Waals surface area contributed by atoms with Crippen molar-refractivity contribution in [3.8, 4) is 12.1 Å². The summed E-state index contributed by atoms with van der Waals surface area (Å²) in [6.45, 7) is 1.95. The van der Waals surface area contributed by atoms with E-state index in [-0.39, 0.29) is 65.9 Å². The maximum atomic E-state index is 16.0. The van der Waals surface area contributed by atoms with Gasteiger partial charge in [-0.1, -0.05) is 30.4 Å². The highest BCUT2D eigenvalue weighted by Crippen LogP contribution is 2.42. The molecule has 0 saturated carbocycles. The molecule has 1 saturated heterocycles. The number of ether oxygens (including phenoxy) is 4. The summed E-state index contributed by atoms with van der Waals surface area (Å²) in [6, 6.07) is 15.3. The number of nitriles is 2. The molecule has 0 bridgehead atoms. The summed E-state index contributed by atoms with van der Waals surface area (Å²) >= 11 is 1.28. The summed E-state index contributed by atoms with van der Waals surface area (Å²) in [5.74, 6) is -3.82. The van der Waals surface area contributed by atoms with Crippen LogP contribution in [0.3, 0.4) is 0 Å². The van der Waals surface area contributed by atoms with Crippen molar-refractivity contribution in [1.29, 1.82) is 10.5 Å². The summed E-state index contributed by atoms with van der Waals surface area (Å²) in [4.78, 5) is 32.7. The highest BCUT2D eigenvalue weighted by Gasteiger charge is 2.47. The number of benzene rings is 3. The maximum absolute atomic E-state index is 16.0. The van der Waals surface area contributed by atoms with Crippen LogP contribution in [0.2, 0.25) is 0 Å². The fourth-order valence-electron chi connectivity index (χ4n) is 5.85. The van der Waals surface area contributed by atoms with Crippen molar-refractivity contribution in [2.24, 2.45) is 0 Å². The van der Waals surface area contributed by atoms with E-state index in [0.717, 1.165) is 12.1 Å². The fourth-order valence-corrected chi connectivity index (χ4v) is 7.21. The van der Waals surface area contributed by atoms with E-state index in [2.05, 4.69) is 10.1 Å². The van der Waals surface area contributed by atoms with Crippen LogP contribution in [-0.4, -0.2) is 82.2 Å². The van der Waals surface area contributed by atoms with Gasteiger partial charge in [0.15, 0.2) is 11.9 Å². The maximum Gasteiger partial charge on any atom is 0.339 e. The molecule has 1 aromatic heterocycles. The van der Waals surface area contributed by atoms with Crippen LogP contribution in [0.25, 0.3) is 6.08 Å². The van der Waals surface area contributed by atoms with E-state index >= 15 is 4.39 Å². The van der Waals surface area contributed by atoms with Crippen LogP contribution < -0.4 is 0 Å². The van der Waals surface area contributed by atoms with E-state index in [1.54, 1.807) is 31.2 Å². The number of carbonyl (C=O) groups is 2. The van der Waals surface area contributed by atoms with Crippen molar-refractivity contribution >= 4 is 29.8 Å². The van der Waals surface area contributed by atoms with Crippen LogP contribution in [0.4, 0.5) is 13.2 Å². The monoisotopic (exact) mass is 800 g/mol. The third-order valence-electron chi connectivity index (χ3n) is 8.87. The van der Waals surface area contributed by atoms with E-state index in [1.165, 1.54) is 65.5 Å². The second kappa shape index (κ2) is 19.9. The molecule has 296 valence electrons. The van der Waals surface area contributed by atoms with Crippen LogP contribution in [0.5, 0.6) is 0 Å². The number of rotatable bonds is 16. The third-order valence-corrected chi connectivity index (χ3v) is 10.3. The summed E-state index contributed by atoms with van der Waals surface area (Å²) in [5, 5.41) is 21.7. The van der Waals surface area contributed by atoms with Gasteiger partial charge >= 0.3 is 11.9 Å². The Morgan fingerprint density at radius 1 is 1.04 bits per heavy atom. The Bertz CT molecular complexity index is 2180. The van der Waals surface area contributed by atoms with Crippen molar-refractivity contribution in [2.75, 3.05) is 33.9 Å². The highest BCUT2D eigenvalue weighted by atomic mass is 32.2. The largest absolute Gasteiger partial charge is 0.461 e.